The molecule has 13 heteroatoms. The first-order chi connectivity index (χ1) is 14.7. The van der Waals surface area contributed by atoms with E-state index in [0.717, 1.165) is 13.0 Å². The molecule has 0 spiro atoms. The Hall–Kier alpha value is -2.54. The lowest BCUT2D eigenvalue weighted by Crippen LogP contribution is -2.56. The van der Waals surface area contributed by atoms with E-state index in [1.54, 1.807) is 0 Å². The lowest BCUT2D eigenvalue weighted by atomic mass is 10.1. The van der Waals surface area contributed by atoms with Crippen molar-refractivity contribution in [1.29, 1.82) is 0 Å². The second-order valence-electron chi connectivity index (χ2n) is 7.11. The number of aliphatic imine (C=N–C) groups is 1. The van der Waals surface area contributed by atoms with Crippen molar-refractivity contribution in [2.75, 3.05) is 31.6 Å². The molecule has 3 atom stereocenters. The molecule has 0 radical (unpaired) electrons. The molecule has 0 bridgehead atoms. The van der Waals surface area contributed by atoms with E-state index >= 15 is 0 Å². The number of amides is 3. The van der Waals surface area contributed by atoms with Gasteiger partial charge in [-0.05, 0) is 50.7 Å². The van der Waals surface area contributed by atoms with Crippen LogP contribution in [0.15, 0.2) is 4.99 Å². The Labute approximate surface area is 185 Å². The molecule has 1 fully saturated rings. The summed E-state index contributed by atoms with van der Waals surface area (Å²) in [6.45, 7) is 0.481. The number of carbonyl (C=O) groups excluding carboxylic acids is 3. The molecule has 1 heterocycles. The van der Waals surface area contributed by atoms with Gasteiger partial charge in [-0.15, -0.1) is 0 Å². The van der Waals surface area contributed by atoms with E-state index in [0.29, 0.717) is 31.6 Å². The lowest BCUT2D eigenvalue weighted by Gasteiger charge is -2.24. The Morgan fingerprint density at radius 2 is 1.87 bits per heavy atom. The molecule has 0 saturated carbocycles. The quantitative estimate of drug-likeness (QED) is 0.0848. The van der Waals surface area contributed by atoms with Crippen molar-refractivity contribution in [3.05, 3.63) is 0 Å². The molecule has 3 unspecified atom stereocenters. The fourth-order valence-corrected chi connectivity index (χ4v) is 3.49. The van der Waals surface area contributed by atoms with E-state index in [1.165, 1.54) is 11.8 Å². The zero-order chi connectivity index (χ0) is 23.2. The molecule has 1 aliphatic heterocycles. The molecule has 0 aromatic carbocycles. The molecule has 1 rings (SSSR count). The Kier molecular flexibility index (Phi) is 12.4. The van der Waals surface area contributed by atoms with Crippen LogP contribution in [0, 0.1) is 0 Å². The number of nitrogens with one attached hydrogen (secondary N) is 4. The second kappa shape index (κ2) is 14.5. The first kappa shape index (κ1) is 26.5. The van der Waals surface area contributed by atoms with Crippen molar-refractivity contribution >= 4 is 41.4 Å². The van der Waals surface area contributed by atoms with E-state index in [2.05, 4.69) is 26.3 Å². The number of carboxylic acids is 1. The summed E-state index contributed by atoms with van der Waals surface area (Å²) in [6.07, 6.45) is 4.44. The molecular formula is C18H33N7O5S. The van der Waals surface area contributed by atoms with Crippen molar-refractivity contribution in [1.82, 2.24) is 21.3 Å². The third-order valence-electron chi connectivity index (χ3n) is 4.61. The zero-order valence-corrected chi connectivity index (χ0v) is 18.5. The maximum atomic E-state index is 12.9. The van der Waals surface area contributed by atoms with Gasteiger partial charge < -0.3 is 37.8 Å². The largest absolute Gasteiger partial charge is 0.480 e. The monoisotopic (exact) mass is 459 g/mol. The van der Waals surface area contributed by atoms with Gasteiger partial charge in [-0.1, -0.05) is 0 Å². The molecule has 31 heavy (non-hydrogen) atoms. The molecule has 9 N–H and O–H groups in total. The molecule has 0 aromatic heterocycles. The Balaban J connectivity index is 2.80. The van der Waals surface area contributed by atoms with E-state index in [9.17, 15) is 19.2 Å². The van der Waals surface area contributed by atoms with Crippen LogP contribution < -0.4 is 32.7 Å². The molecule has 3 amide bonds. The maximum Gasteiger partial charge on any atom is 0.322 e. The summed E-state index contributed by atoms with van der Waals surface area (Å²) in [6, 6.07) is -2.16. The molecule has 1 aliphatic rings. The van der Waals surface area contributed by atoms with Crippen LogP contribution in [-0.4, -0.2) is 84.5 Å². The van der Waals surface area contributed by atoms with Crippen LogP contribution in [0.3, 0.4) is 0 Å². The van der Waals surface area contributed by atoms with Crippen molar-refractivity contribution in [3.63, 3.8) is 0 Å². The molecule has 0 aromatic rings. The van der Waals surface area contributed by atoms with Gasteiger partial charge in [0, 0.05) is 6.54 Å². The molecular weight excluding hydrogens is 426 g/mol. The number of thioether (sulfide) groups is 1. The summed E-state index contributed by atoms with van der Waals surface area (Å²) in [5, 5.41) is 19.5. The summed E-state index contributed by atoms with van der Waals surface area (Å²) in [7, 11) is 0. The highest BCUT2D eigenvalue weighted by Gasteiger charge is 2.29. The molecule has 176 valence electrons. The summed E-state index contributed by atoms with van der Waals surface area (Å²) in [5.74, 6) is -2.06. The average molecular weight is 460 g/mol. The van der Waals surface area contributed by atoms with E-state index < -0.39 is 36.4 Å². The standard InChI is InChI=1S/C18H33N7O5S/c1-31-9-6-13(15(28)23-10-14(26)27)25-17(30)12(5-3-8-22-18(19)20)24-16(29)11-4-2-7-21-11/h11-13,21H,2-10H2,1H3,(H,23,28)(H,24,29)(H,25,30)(H,26,27)(H4,19,20,22). The number of hydrogen-bond donors (Lipinski definition) is 7. The zero-order valence-electron chi connectivity index (χ0n) is 17.7. The van der Waals surface area contributed by atoms with Gasteiger partial charge in [0.15, 0.2) is 5.96 Å². The van der Waals surface area contributed by atoms with Gasteiger partial charge in [0.2, 0.25) is 17.7 Å². The molecule has 12 nitrogen and oxygen atoms in total. The Morgan fingerprint density at radius 1 is 1.16 bits per heavy atom. The lowest BCUT2D eigenvalue weighted by molar-refractivity contribution is -0.138. The van der Waals surface area contributed by atoms with Crippen LogP contribution >= 0.6 is 11.8 Å². The van der Waals surface area contributed by atoms with E-state index in [1.807, 2.05) is 6.26 Å². The van der Waals surface area contributed by atoms with E-state index in [-0.39, 0.29) is 24.3 Å². The van der Waals surface area contributed by atoms with Gasteiger partial charge >= 0.3 is 5.97 Å². The number of aliphatic carboxylic acids is 1. The predicted molar refractivity (Wildman–Crippen MR) is 118 cm³/mol. The molecule has 1 saturated heterocycles. The number of carboxylic acid groups (broad SMARTS) is 1. The van der Waals surface area contributed by atoms with Gasteiger partial charge in [0.1, 0.15) is 18.6 Å². The number of carbonyl (C=O) groups is 4. The number of nitrogens with two attached hydrogens (primary N) is 2. The summed E-state index contributed by atoms with van der Waals surface area (Å²) >= 11 is 1.49. The van der Waals surface area contributed by atoms with Crippen LogP contribution in [0.5, 0.6) is 0 Å². The fourth-order valence-electron chi connectivity index (χ4n) is 3.02. The fraction of sp³-hybridized carbons (Fsp3) is 0.722. The predicted octanol–water partition coefficient (Wildman–Crippen LogP) is -2.28. The third-order valence-corrected chi connectivity index (χ3v) is 5.26. The van der Waals surface area contributed by atoms with Gasteiger partial charge in [-0.2, -0.15) is 11.8 Å². The number of nitrogens with zero attached hydrogens (tertiary/aromatic N) is 1. The second-order valence-corrected chi connectivity index (χ2v) is 8.10. The first-order valence-electron chi connectivity index (χ1n) is 10.1. The summed E-state index contributed by atoms with van der Waals surface area (Å²) < 4.78 is 0. The number of hydrogen-bond acceptors (Lipinski definition) is 7. The van der Waals surface area contributed by atoms with Crippen LogP contribution in [0.2, 0.25) is 0 Å². The third kappa shape index (κ3) is 10.9. The minimum atomic E-state index is -1.18. The summed E-state index contributed by atoms with van der Waals surface area (Å²) in [5.41, 5.74) is 10.6. The van der Waals surface area contributed by atoms with Crippen molar-refractivity contribution < 1.29 is 24.3 Å². The van der Waals surface area contributed by atoms with Crippen molar-refractivity contribution in [2.45, 2.75) is 50.2 Å². The average Bonchev–Trinajstić information content (AvgIpc) is 3.26. The Bertz CT molecular complexity index is 651. The van der Waals surface area contributed by atoms with Crippen LogP contribution in [0.25, 0.3) is 0 Å². The minimum Gasteiger partial charge on any atom is -0.480 e. The smallest absolute Gasteiger partial charge is 0.322 e. The first-order valence-corrected chi connectivity index (χ1v) is 11.5. The highest BCUT2D eigenvalue weighted by atomic mass is 32.2. The van der Waals surface area contributed by atoms with Crippen molar-refractivity contribution in [2.24, 2.45) is 16.5 Å². The molecule has 0 aliphatic carbocycles. The Morgan fingerprint density at radius 3 is 2.45 bits per heavy atom. The van der Waals surface area contributed by atoms with Crippen molar-refractivity contribution in [3.8, 4) is 0 Å². The number of rotatable bonds is 14. The van der Waals surface area contributed by atoms with Crippen LogP contribution in [-0.2, 0) is 19.2 Å². The van der Waals surface area contributed by atoms with Gasteiger partial charge in [-0.25, -0.2) is 0 Å². The number of guanidine groups is 1. The van der Waals surface area contributed by atoms with Gasteiger partial charge in [-0.3, -0.25) is 24.2 Å². The van der Waals surface area contributed by atoms with Crippen LogP contribution in [0.1, 0.15) is 32.1 Å². The van der Waals surface area contributed by atoms with Gasteiger partial charge in [0.25, 0.3) is 0 Å². The maximum absolute atomic E-state index is 12.9. The highest BCUT2D eigenvalue weighted by Crippen LogP contribution is 2.08. The minimum absolute atomic E-state index is 0.0626. The normalized spacial score (nSPS) is 17.3. The van der Waals surface area contributed by atoms with E-state index in [4.69, 9.17) is 16.6 Å². The van der Waals surface area contributed by atoms with Gasteiger partial charge in [0.05, 0.1) is 6.04 Å². The van der Waals surface area contributed by atoms with Crippen LogP contribution in [0.4, 0.5) is 0 Å². The SMILES string of the molecule is CSCCC(NC(=O)C(CCCN=C(N)N)NC(=O)C1CCCN1)C(=O)NCC(=O)O. The highest BCUT2D eigenvalue weighted by molar-refractivity contribution is 7.98. The topological polar surface area (TPSA) is 201 Å². The summed E-state index contributed by atoms with van der Waals surface area (Å²) in [4.78, 5) is 52.3.